The molecule has 0 aliphatic carbocycles. The molecule has 1 unspecified atom stereocenters. The van der Waals surface area contributed by atoms with Gasteiger partial charge in [0.2, 0.25) is 20.0 Å². The molecule has 1 saturated heterocycles. The molecule has 3 N–H and O–H groups in total. The molecule has 0 radical (unpaired) electrons. The number of hydrogen-bond donors (Lipinski definition) is 2. The molecule has 0 bridgehead atoms. The Morgan fingerprint density at radius 2 is 2.05 bits per heavy atom. The zero-order chi connectivity index (χ0) is 16.5. The fourth-order valence-electron chi connectivity index (χ4n) is 2.30. The molecule has 1 aliphatic heterocycles. The van der Waals surface area contributed by atoms with E-state index >= 15 is 0 Å². The van der Waals surface area contributed by atoms with E-state index in [0.29, 0.717) is 26.1 Å². The van der Waals surface area contributed by atoms with Crippen molar-refractivity contribution in [3.63, 3.8) is 0 Å². The molecule has 22 heavy (non-hydrogen) atoms. The third-order valence-electron chi connectivity index (χ3n) is 3.46. The topological polar surface area (TPSA) is 110 Å². The molecule has 2 rings (SSSR count). The molecular weight excluding hydrogens is 333 g/mol. The molecule has 0 aromatic heterocycles. The second kappa shape index (κ2) is 6.11. The minimum atomic E-state index is -3.80. The van der Waals surface area contributed by atoms with Gasteiger partial charge >= 0.3 is 0 Å². The SMILES string of the molecule is CS(=O)(=O)Nc1ccc(S(=O)(=O)N2CCC(CN)C2)cc1F. The van der Waals surface area contributed by atoms with Gasteiger partial charge in [-0.05, 0) is 37.1 Å². The molecular formula is C12H18FN3O4S2. The summed E-state index contributed by atoms with van der Waals surface area (Å²) in [6, 6.07) is 3.10. The summed E-state index contributed by atoms with van der Waals surface area (Å²) in [4.78, 5) is -0.207. The average Bonchev–Trinajstić information content (AvgIpc) is 2.89. The van der Waals surface area contributed by atoms with Gasteiger partial charge in [-0.25, -0.2) is 21.2 Å². The van der Waals surface area contributed by atoms with Crippen LogP contribution in [-0.4, -0.2) is 47.0 Å². The van der Waals surface area contributed by atoms with Crippen molar-refractivity contribution in [2.75, 3.05) is 30.6 Å². The number of nitrogens with zero attached hydrogens (tertiary/aromatic N) is 1. The summed E-state index contributed by atoms with van der Waals surface area (Å²) in [5.74, 6) is -0.841. The summed E-state index contributed by atoms with van der Waals surface area (Å²) in [6.45, 7) is 1.05. The first-order chi connectivity index (χ1) is 10.1. The number of halogens is 1. The fraction of sp³-hybridized carbons (Fsp3) is 0.500. The van der Waals surface area contributed by atoms with Crippen LogP contribution in [0.2, 0.25) is 0 Å². The standard InChI is InChI=1S/C12H18FN3O4S2/c1-21(17,18)15-12-3-2-10(6-11(12)13)22(19,20)16-5-4-9(7-14)8-16/h2-3,6,9,15H,4-5,7-8,14H2,1H3. The lowest BCUT2D eigenvalue weighted by atomic mass is 10.1. The van der Waals surface area contributed by atoms with Crippen LogP contribution in [0.1, 0.15) is 6.42 Å². The molecule has 10 heteroatoms. The molecule has 124 valence electrons. The van der Waals surface area contributed by atoms with Crippen LogP contribution in [0.3, 0.4) is 0 Å². The maximum Gasteiger partial charge on any atom is 0.243 e. The smallest absolute Gasteiger partial charge is 0.243 e. The van der Waals surface area contributed by atoms with Gasteiger partial charge in [-0.1, -0.05) is 0 Å². The van der Waals surface area contributed by atoms with Crippen molar-refractivity contribution in [3.05, 3.63) is 24.0 Å². The molecule has 1 aromatic carbocycles. The van der Waals surface area contributed by atoms with Crippen molar-refractivity contribution < 1.29 is 21.2 Å². The Kier molecular flexibility index (Phi) is 4.76. The van der Waals surface area contributed by atoms with E-state index in [4.69, 9.17) is 5.73 Å². The summed E-state index contributed by atoms with van der Waals surface area (Å²) in [5.41, 5.74) is 5.24. The molecule has 7 nitrogen and oxygen atoms in total. The Morgan fingerprint density at radius 3 is 2.55 bits per heavy atom. The molecule has 1 aromatic rings. The predicted molar refractivity (Wildman–Crippen MR) is 80.8 cm³/mol. The monoisotopic (exact) mass is 351 g/mol. The molecule has 0 spiro atoms. The van der Waals surface area contributed by atoms with Crippen LogP contribution in [0, 0.1) is 11.7 Å². The summed E-state index contributed by atoms with van der Waals surface area (Å²) < 4.78 is 64.2. The second-order valence-electron chi connectivity index (χ2n) is 5.27. The van der Waals surface area contributed by atoms with Gasteiger partial charge in [-0.15, -0.1) is 0 Å². The van der Waals surface area contributed by atoms with Crippen LogP contribution in [0.25, 0.3) is 0 Å². The van der Waals surface area contributed by atoms with Crippen LogP contribution in [0.15, 0.2) is 23.1 Å². The van der Waals surface area contributed by atoms with E-state index in [1.54, 1.807) is 0 Å². The van der Waals surface area contributed by atoms with Crippen LogP contribution in [-0.2, 0) is 20.0 Å². The highest BCUT2D eigenvalue weighted by Gasteiger charge is 2.32. The quantitative estimate of drug-likeness (QED) is 0.786. The van der Waals surface area contributed by atoms with Gasteiger partial charge in [0.15, 0.2) is 0 Å². The lowest BCUT2D eigenvalue weighted by Gasteiger charge is -2.17. The summed E-state index contributed by atoms with van der Waals surface area (Å²) in [7, 11) is -7.44. The Labute approximate surface area is 129 Å². The van der Waals surface area contributed by atoms with Crippen LogP contribution < -0.4 is 10.5 Å². The van der Waals surface area contributed by atoms with E-state index in [2.05, 4.69) is 0 Å². The summed E-state index contributed by atoms with van der Waals surface area (Å²) in [5, 5.41) is 0. The molecule has 0 amide bonds. The van der Waals surface area contributed by atoms with Gasteiger partial charge in [0, 0.05) is 13.1 Å². The van der Waals surface area contributed by atoms with Crippen molar-refractivity contribution >= 4 is 25.7 Å². The summed E-state index contributed by atoms with van der Waals surface area (Å²) >= 11 is 0. The maximum atomic E-state index is 13.9. The van der Waals surface area contributed by atoms with E-state index in [1.807, 2.05) is 4.72 Å². The first kappa shape index (κ1) is 17.1. The molecule has 1 fully saturated rings. The zero-order valence-corrected chi connectivity index (χ0v) is 13.6. The largest absolute Gasteiger partial charge is 0.330 e. The number of sulfonamides is 2. The first-order valence-electron chi connectivity index (χ1n) is 6.61. The first-order valence-corrected chi connectivity index (χ1v) is 9.94. The second-order valence-corrected chi connectivity index (χ2v) is 8.96. The van der Waals surface area contributed by atoms with Gasteiger partial charge in [0.05, 0.1) is 16.8 Å². The van der Waals surface area contributed by atoms with Crippen molar-refractivity contribution in [1.29, 1.82) is 0 Å². The third-order valence-corrected chi connectivity index (χ3v) is 5.91. The zero-order valence-electron chi connectivity index (χ0n) is 12.0. The number of hydrogen-bond acceptors (Lipinski definition) is 5. The van der Waals surface area contributed by atoms with Crippen LogP contribution in [0.4, 0.5) is 10.1 Å². The Balaban J connectivity index is 2.28. The van der Waals surface area contributed by atoms with E-state index in [0.717, 1.165) is 18.4 Å². The van der Waals surface area contributed by atoms with Crippen molar-refractivity contribution in [3.8, 4) is 0 Å². The lowest BCUT2D eigenvalue weighted by Crippen LogP contribution is -2.30. The summed E-state index contributed by atoms with van der Waals surface area (Å²) in [6.07, 6.45) is 1.56. The van der Waals surface area contributed by atoms with Gasteiger partial charge in [-0.2, -0.15) is 4.31 Å². The maximum absolute atomic E-state index is 13.9. The van der Waals surface area contributed by atoms with Gasteiger partial charge in [0.1, 0.15) is 5.82 Å². The van der Waals surface area contributed by atoms with Gasteiger partial charge < -0.3 is 5.73 Å². The highest BCUT2D eigenvalue weighted by molar-refractivity contribution is 7.92. The van der Waals surface area contributed by atoms with E-state index in [9.17, 15) is 21.2 Å². The Hall–Kier alpha value is -1.23. The predicted octanol–water partition coefficient (Wildman–Crippen LogP) is 0.166. The number of anilines is 1. The average molecular weight is 351 g/mol. The normalized spacial score (nSPS) is 20.2. The minimum absolute atomic E-state index is 0.103. The number of nitrogens with two attached hydrogens (primary N) is 1. The van der Waals surface area contributed by atoms with Crippen LogP contribution >= 0.6 is 0 Å². The third kappa shape index (κ3) is 3.75. The fourth-order valence-corrected chi connectivity index (χ4v) is 4.40. The van der Waals surface area contributed by atoms with E-state index in [-0.39, 0.29) is 16.5 Å². The van der Waals surface area contributed by atoms with Gasteiger partial charge in [-0.3, -0.25) is 4.72 Å². The number of benzene rings is 1. The van der Waals surface area contributed by atoms with Crippen LogP contribution in [0.5, 0.6) is 0 Å². The highest BCUT2D eigenvalue weighted by Crippen LogP contribution is 2.26. The molecule has 1 aliphatic rings. The molecule has 1 atom stereocenters. The molecule has 1 heterocycles. The van der Waals surface area contributed by atoms with Gasteiger partial charge in [0.25, 0.3) is 0 Å². The van der Waals surface area contributed by atoms with Crippen molar-refractivity contribution in [1.82, 2.24) is 4.31 Å². The highest BCUT2D eigenvalue weighted by atomic mass is 32.2. The Morgan fingerprint density at radius 1 is 1.36 bits per heavy atom. The Bertz CT molecular complexity index is 765. The van der Waals surface area contributed by atoms with E-state index < -0.39 is 25.9 Å². The minimum Gasteiger partial charge on any atom is -0.330 e. The molecule has 0 saturated carbocycles. The number of rotatable bonds is 5. The lowest BCUT2D eigenvalue weighted by molar-refractivity contribution is 0.458. The van der Waals surface area contributed by atoms with Crippen molar-refractivity contribution in [2.24, 2.45) is 11.7 Å². The number of nitrogens with one attached hydrogen (secondary N) is 1. The van der Waals surface area contributed by atoms with Crippen molar-refractivity contribution in [2.45, 2.75) is 11.3 Å². The van der Waals surface area contributed by atoms with E-state index in [1.165, 1.54) is 10.4 Å².